The summed E-state index contributed by atoms with van der Waals surface area (Å²) in [5, 5.41) is 10.7. The van der Waals surface area contributed by atoms with Crippen LogP contribution in [0.5, 0.6) is 0 Å². The van der Waals surface area contributed by atoms with Crippen LogP contribution < -0.4 is 0 Å². The van der Waals surface area contributed by atoms with Gasteiger partial charge in [0.05, 0.1) is 4.90 Å². The highest BCUT2D eigenvalue weighted by Crippen LogP contribution is 2.39. The number of carboxylic acid groups (broad SMARTS) is 1. The number of aliphatic carboxylic acids is 1. The van der Waals surface area contributed by atoms with Gasteiger partial charge in [-0.05, 0) is 45.2 Å². The maximum Gasteiger partial charge on any atom is 0.323 e. The number of aryl methyl sites for hydroxylation is 2. The van der Waals surface area contributed by atoms with Crippen molar-refractivity contribution in [1.29, 1.82) is 0 Å². The topological polar surface area (TPSA) is 87.8 Å². The van der Waals surface area contributed by atoms with Crippen molar-refractivity contribution in [3.05, 3.63) is 29.5 Å². The van der Waals surface area contributed by atoms with Crippen molar-refractivity contribution in [2.45, 2.75) is 68.1 Å². The zero-order valence-electron chi connectivity index (χ0n) is 16.8. The van der Waals surface area contributed by atoms with Crippen molar-refractivity contribution in [3.63, 3.8) is 0 Å². The van der Waals surface area contributed by atoms with Crippen molar-refractivity contribution in [2.24, 2.45) is 0 Å². The number of rotatable bonds is 3. The molecule has 8 heteroatoms. The van der Waals surface area contributed by atoms with Gasteiger partial charge < -0.3 is 9.52 Å². The molecule has 2 aliphatic rings. The number of nitrogens with zero attached hydrogens (tertiary/aromatic N) is 1. The first-order chi connectivity index (χ1) is 13.7. The predicted molar refractivity (Wildman–Crippen MR) is 114 cm³/mol. The van der Waals surface area contributed by atoms with Crippen molar-refractivity contribution >= 4 is 38.7 Å². The number of hydrogen-bond acceptors (Lipinski definition) is 5. The van der Waals surface area contributed by atoms with Crippen LogP contribution >= 0.6 is 11.8 Å². The van der Waals surface area contributed by atoms with Gasteiger partial charge in [0.2, 0.25) is 10.0 Å². The monoisotopic (exact) mass is 437 g/mol. The molecule has 0 saturated carbocycles. The Morgan fingerprint density at radius 3 is 2.66 bits per heavy atom. The number of carboxylic acids is 1. The lowest BCUT2D eigenvalue weighted by molar-refractivity contribution is -0.142. The molecule has 1 unspecified atom stereocenters. The molecule has 158 valence electrons. The van der Waals surface area contributed by atoms with Crippen molar-refractivity contribution in [3.8, 4) is 0 Å². The zero-order chi connectivity index (χ0) is 20.8. The molecule has 2 aromatic rings. The van der Waals surface area contributed by atoms with Gasteiger partial charge >= 0.3 is 5.97 Å². The van der Waals surface area contributed by atoms with Crippen LogP contribution in [0, 0.1) is 0 Å². The largest absolute Gasteiger partial charge is 0.480 e. The summed E-state index contributed by atoms with van der Waals surface area (Å²) >= 11 is 1.49. The highest BCUT2D eigenvalue weighted by Gasteiger charge is 2.48. The molecule has 1 aromatic heterocycles. The minimum absolute atomic E-state index is 0.0978. The smallest absolute Gasteiger partial charge is 0.323 e. The lowest BCUT2D eigenvalue weighted by atomic mass is 9.97. The predicted octanol–water partition coefficient (Wildman–Crippen LogP) is 4.06. The van der Waals surface area contributed by atoms with Crippen LogP contribution in [0.25, 0.3) is 11.0 Å². The molecule has 1 aromatic carbocycles. The summed E-state index contributed by atoms with van der Waals surface area (Å²) in [5.74, 6) is 0.411. The normalized spacial score (nSPS) is 23.3. The molecular formula is C21H27NO5S2. The van der Waals surface area contributed by atoms with Gasteiger partial charge in [0.25, 0.3) is 0 Å². The van der Waals surface area contributed by atoms with Gasteiger partial charge in [-0.1, -0.05) is 12.8 Å². The molecule has 1 N–H and O–H groups in total. The summed E-state index contributed by atoms with van der Waals surface area (Å²) in [6.45, 7) is 3.75. The number of sulfonamides is 1. The van der Waals surface area contributed by atoms with Gasteiger partial charge in [-0.2, -0.15) is 16.1 Å². The third-order valence-electron chi connectivity index (χ3n) is 6.00. The number of fused-ring (bicyclic) bond motifs is 3. The fourth-order valence-corrected chi connectivity index (χ4v) is 7.64. The third-order valence-corrected chi connectivity index (χ3v) is 9.22. The lowest BCUT2D eigenvalue weighted by Crippen LogP contribution is -2.58. The summed E-state index contributed by atoms with van der Waals surface area (Å²) in [6, 6.07) is 3.88. The summed E-state index contributed by atoms with van der Waals surface area (Å²) in [7, 11) is -3.96. The van der Waals surface area contributed by atoms with Crippen LogP contribution in [0.1, 0.15) is 50.9 Å². The first kappa shape index (κ1) is 20.8. The quantitative estimate of drug-likeness (QED) is 0.779. The highest BCUT2D eigenvalue weighted by atomic mass is 32.2. The Labute approximate surface area is 175 Å². The van der Waals surface area contributed by atoms with Crippen molar-refractivity contribution in [1.82, 2.24) is 4.31 Å². The molecule has 0 spiro atoms. The summed E-state index contributed by atoms with van der Waals surface area (Å²) in [4.78, 5) is 12.0. The average molecular weight is 438 g/mol. The molecule has 1 saturated heterocycles. The number of carbonyl (C=O) groups is 1. The van der Waals surface area contributed by atoms with E-state index < -0.39 is 26.8 Å². The van der Waals surface area contributed by atoms with Gasteiger partial charge in [-0.3, -0.25) is 4.79 Å². The number of hydrogen-bond donors (Lipinski definition) is 1. The molecule has 1 atom stereocenters. The molecule has 0 radical (unpaired) electrons. The summed E-state index contributed by atoms with van der Waals surface area (Å²) in [5.41, 5.74) is 1.78. The van der Waals surface area contributed by atoms with E-state index in [1.807, 2.05) is 6.07 Å². The molecule has 2 heterocycles. The van der Waals surface area contributed by atoms with E-state index in [0.717, 1.165) is 41.1 Å². The van der Waals surface area contributed by atoms with E-state index >= 15 is 0 Å². The molecule has 1 fully saturated rings. The SMILES string of the molecule is CC1(C)SCCN(S(=O)(=O)c2ccc3c4c(oc3c2)CCCCCC4)C1C(=O)O. The Bertz CT molecular complexity index is 1040. The molecule has 29 heavy (non-hydrogen) atoms. The van der Waals surface area contributed by atoms with E-state index in [9.17, 15) is 18.3 Å². The van der Waals surface area contributed by atoms with Crippen molar-refractivity contribution < 1.29 is 22.7 Å². The zero-order valence-corrected chi connectivity index (χ0v) is 18.4. The minimum Gasteiger partial charge on any atom is -0.480 e. The molecule has 1 aliphatic heterocycles. The van der Waals surface area contributed by atoms with Crippen LogP contribution in [0.3, 0.4) is 0 Å². The van der Waals surface area contributed by atoms with Crippen LogP contribution in [-0.4, -0.2) is 46.9 Å². The highest BCUT2D eigenvalue weighted by molar-refractivity contribution is 8.00. The average Bonchev–Trinajstić information content (AvgIpc) is 2.96. The standard InChI is InChI=1S/C21H27NO5S2/c1-21(2)19(20(23)24)22(11-12-28-21)29(25,26)14-9-10-16-15-7-5-3-4-6-8-17(15)27-18(16)13-14/h9-10,13,19H,3-8,11-12H2,1-2H3,(H,23,24). The number of furan rings is 1. The van der Waals surface area contributed by atoms with Crippen LogP contribution in [0.15, 0.2) is 27.5 Å². The summed E-state index contributed by atoms with van der Waals surface area (Å²) < 4.78 is 33.3. The van der Waals surface area contributed by atoms with Gasteiger partial charge in [0.1, 0.15) is 17.4 Å². The molecule has 1 aliphatic carbocycles. The third kappa shape index (κ3) is 3.70. The van der Waals surface area contributed by atoms with E-state index in [1.165, 1.54) is 30.2 Å². The van der Waals surface area contributed by atoms with Crippen LogP contribution in [0.2, 0.25) is 0 Å². The molecule has 6 nitrogen and oxygen atoms in total. The fraction of sp³-hybridized carbons (Fsp3) is 0.571. The van der Waals surface area contributed by atoms with Crippen LogP contribution in [0.4, 0.5) is 0 Å². The van der Waals surface area contributed by atoms with Crippen molar-refractivity contribution in [2.75, 3.05) is 12.3 Å². The molecular weight excluding hydrogens is 410 g/mol. The second-order valence-corrected chi connectivity index (χ2v) is 12.0. The van der Waals surface area contributed by atoms with E-state index in [2.05, 4.69) is 0 Å². The van der Waals surface area contributed by atoms with Crippen LogP contribution in [-0.2, 0) is 27.7 Å². The minimum atomic E-state index is -3.96. The van der Waals surface area contributed by atoms with Gasteiger partial charge in [0, 0.05) is 40.5 Å². The van der Waals surface area contributed by atoms with Gasteiger partial charge in [-0.25, -0.2) is 8.42 Å². The summed E-state index contributed by atoms with van der Waals surface area (Å²) in [6.07, 6.45) is 6.42. The molecule has 0 amide bonds. The Hall–Kier alpha value is -1.51. The van der Waals surface area contributed by atoms with E-state index in [4.69, 9.17) is 4.42 Å². The second kappa shape index (κ2) is 7.63. The van der Waals surface area contributed by atoms with E-state index in [1.54, 1.807) is 26.0 Å². The second-order valence-electron chi connectivity index (χ2n) is 8.38. The maximum absolute atomic E-state index is 13.4. The molecule has 4 rings (SSSR count). The Morgan fingerprint density at radius 2 is 1.93 bits per heavy atom. The van der Waals surface area contributed by atoms with E-state index in [-0.39, 0.29) is 11.4 Å². The Balaban J connectivity index is 1.76. The Morgan fingerprint density at radius 1 is 1.21 bits per heavy atom. The first-order valence-electron chi connectivity index (χ1n) is 10.1. The van der Waals surface area contributed by atoms with Gasteiger partial charge in [0.15, 0.2) is 0 Å². The molecule has 0 bridgehead atoms. The first-order valence-corrected chi connectivity index (χ1v) is 12.6. The lowest BCUT2D eigenvalue weighted by Gasteiger charge is -2.42. The van der Waals surface area contributed by atoms with E-state index in [0.29, 0.717) is 11.3 Å². The number of thioether (sulfide) groups is 1. The number of benzene rings is 1. The van der Waals surface area contributed by atoms with Gasteiger partial charge in [-0.15, -0.1) is 0 Å². The Kier molecular flexibility index (Phi) is 5.46. The maximum atomic E-state index is 13.4. The fourth-order valence-electron chi connectivity index (χ4n) is 4.53.